The number of nitrogens with one attached hydrogen (secondary N) is 2. The summed E-state index contributed by atoms with van der Waals surface area (Å²) in [6, 6.07) is 9.63. The predicted octanol–water partition coefficient (Wildman–Crippen LogP) is 1.11. The lowest BCUT2D eigenvalue weighted by Gasteiger charge is -2.11. The Balaban J connectivity index is 1.76. The number of likely N-dealkylation sites (N-methyl/N-ethyl adjacent to an activating group) is 1. The number of hydrogen-bond donors (Lipinski definition) is 3. The van der Waals surface area contributed by atoms with E-state index in [1.165, 1.54) is 35.2 Å². The van der Waals surface area contributed by atoms with Crippen LogP contribution >= 0.6 is 0 Å². The van der Waals surface area contributed by atoms with Gasteiger partial charge in [-0.05, 0) is 56.9 Å². The van der Waals surface area contributed by atoms with Crippen LogP contribution in [0.1, 0.15) is 15.9 Å². The number of nitrogen functional groups attached to an aromatic ring is 1. The second-order valence-corrected chi connectivity index (χ2v) is 9.04. The van der Waals surface area contributed by atoms with E-state index in [1.54, 1.807) is 27.1 Å². The number of anilines is 3. The van der Waals surface area contributed by atoms with Crippen molar-refractivity contribution in [2.75, 3.05) is 31.7 Å². The smallest absolute Gasteiger partial charge is 0.284 e. The molecule has 174 valence electrons. The Morgan fingerprint density at radius 1 is 1.15 bits per heavy atom. The van der Waals surface area contributed by atoms with Crippen LogP contribution in [0.4, 0.5) is 22.0 Å². The van der Waals surface area contributed by atoms with Crippen molar-refractivity contribution >= 4 is 39.4 Å². The fraction of sp³-hybridized carbons (Fsp3) is 0.200. The van der Waals surface area contributed by atoms with E-state index in [0.29, 0.717) is 11.3 Å². The molecule has 13 heteroatoms. The van der Waals surface area contributed by atoms with Gasteiger partial charge in [0.25, 0.3) is 15.9 Å². The lowest BCUT2D eigenvalue weighted by atomic mass is 10.1. The molecule has 0 aliphatic heterocycles. The summed E-state index contributed by atoms with van der Waals surface area (Å²) in [5, 5.41) is 6.76. The van der Waals surface area contributed by atoms with Gasteiger partial charge in [0.2, 0.25) is 17.8 Å². The SMILES string of the molecule is Cc1cccc(F)c1C(=O)n1nc(Nc2ccc(S(=O)(=O)NC(=O)CN(C)C)cc2)nc1N. The van der Waals surface area contributed by atoms with Gasteiger partial charge in [-0.2, -0.15) is 9.67 Å². The van der Waals surface area contributed by atoms with Gasteiger partial charge in [0.15, 0.2) is 0 Å². The number of aromatic nitrogens is 3. The van der Waals surface area contributed by atoms with Crippen LogP contribution in [-0.2, 0) is 14.8 Å². The number of rotatable bonds is 7. The number of nitrogens with two attached hydrogens (primary N) is 1. The molecule has 0 radical (unpaired) electrons. The fourth-order valence-electron chi connectivity index (χ4n) is 2.91. The molecule has 0 atom stereocenters. The van der Waals surface area contributed by atoms with Crippen LogP contribution in [0.2, 0.25) is 0 Å². The molecule has 0 aliphatic carbocycles. The van der Waals surface area contributed by atoms with Crippen LogP contribution in [0.3, 0.4) is 0 Å². The first kappa shape index (κ1) is 23.8. The zero-order valence-corrected chi connectivity index (χ0v) is 18.9. The molecule has 0 fully saturated rings. The Bertz CT molecular complexity index is 1280. The minimum Gasteiger partial charge on any atom is -0.368 e. The molecule has 1 amide bonds. The molecule has 0 aliphatic rings. The summed E-state index contributed by atoms with van der Waals surface area (Å²) in [5.41, 5.74) is 6.41. The van der Waals surface area contributed by atoms with E-state index in [9.17, 15) is 22.4 Å². The highest BCUT2D eigenvalue weighted by Gasteiger charge is 2.22. The molecule has 2 aromatic carbocycles. The lowest BCUT2D eigenvalue weighted by Crippen LogP contribution is -2.37. The number of nitrogens with zero attached hydrogens (tertiary/aromatic N) is 4. The van der Waals surface area contributed by atoms with Crippen LogP contribution in [0, 0.1) is 12.7 Å². The van der Waals surface area contributed by atoms with Crippen molar-refractivity contribution in [1.29, 1.82) is 0 Å². The Morgan fingerprint density at radius 3 is 2.42 bits per heavy atom. The van der Waals surface area contributed by atoms with Gasteiger partial charge >= 0.3 is 0 Å². The minimum atomic E-state index is -4.04. The van der Waals surface area contributed by atoms with E-state index in [-0.39, 0.29) is 28.9 Å². The van der Waals surface area contributed by atoms with Crippen molar-refractivity contribution < 1.29 is 22.4 Å². The van der Waals surface area contributed by atoms with Crippen LogP contribution < -0.4 is 15.8 Å². The van der Waals surface area contributed by atoms with E-state index in [4.69, 9.17) is 5.73 Å². The van der Waals surface area contributed by atoms with E-state index in [0.717, 1.165) is 10.7 Å². The standard InChI is InChI=1S/C20H22FN7O4S/c1-12-5-4-6-15(21)17(12)18(30)28-19(22)24-20(25-28)23-13-7-9-14(10-8-13)33(31,32)26-16(29)11-27(2)3/h4-10H,11H2,1-3H3,(H,26,29)(H3,22,23,24,25). The van der Waals surface area contributed by atoms with Crippen molar-refractivity contribution in [2.45, 2.75) is 11.8 Å². The first-order valence-corrected chi connectivity index (χ1v) is 11.1. The maximum Gasteiger partial charge on any atom is 0.284 e. The average Bonchev–Trinajstić information content (AvgIpc) is 3.07. The average molecular weight is 476 g/mol. The van der Waals surface area contributed by atoms with Crippen LogP contribution in [0.25, 0.3) is 0 Å². The number of aryl methyl sites for hydroxylation is 1. The van der Waals surface area contributed by atoms with Crippen molar-refractivity contribution in [1.82, 2.24) is 24.4 Å². The number of sulfonamides is 1. The molecule has 4 N–H and O–H groups in total. The van der Waals surface area contributed by atoms with Gasteiger partial charge in [0.1, 0.15) is 5.82 Å². The highest BCUT2D eigenvalue weighted by atomic mass is 32.2. The number of amides is 1. The third-order valence-electron chi connectivity index (χ3n) is 4.39. The maximum atomic E-state index is 14.1. The van der Waals surface area contributed by atoms with Gasteiger partial charge in [-0.1, -0.05) is 12.1 Å². The Labute approximate surface area is 189 Å². The molecule has 0 saturated heterocycles. The number of halogens is 1. The first-order valence-electron chi connectivity index (χ1n) is 9.58. The van der Waals surface area contributed by atoms with Crippen molar-refractivity contribution in [3.05, 3.63) is 59.4 Å². The van der Waals surface area contributed by atoms with Gasteiger partial charge in [-0.15, -0.1) is 5.10 Å². The molecule has 33 heavy (non-hydrogen) atoms. The molecule has 3 rings (SSSR count). The Hall–Kier alpha value is -3.84. The number of carbonyl (C=O) groups excluding carboxylic acids is 2. The van der Waals surface area contributed by atoms with Gasteiger partial charge in [-0.3, -0.25) is 9.59 Å². The molecule has 0 saturated carbocycles. The third kappa shape index (κ3) is 5.51. The minimum absolute atomic E-state index is 0.0512. The molecular formula is C20H22FN7O4S. The van der Waals surface area contributed by atoms with E-state index < -0.39 is 27.7 Å². The zero-order valence-electron chi connectivity index (χ0n) is 18.0. The molecule has 0 bridgehead atoms. The summed E-state index contributed by atoms with van der Waals surface area (Å²) < 4.78 is 41.5. The normalized spacial score (nSPS) is 11.4. The van der Waals surface area contributed by atoms with E-state index in [1.807, 2.05) is 4.72 Å². The summed E-state index contributed by atoms with van der Waals surface area (Å²) >= 11 is 0. The highest BCUT2D eigenvalue weighted by Crippen LogP contribution is 2.20. The van der Waals surface area contributed by atoms with Crippen molar-refractivity contribution in [2.24, 2.45) is 0 Å². The van der Waals surface area contributed by atoms with Crippen molar-refractivity contribution in [3.8, 4) is 0 Å². The van der Waals surface area contributed by atoms with Gasteiger partial charge in [0, 0.05) is 5.69 Å². The quantitative estimate of drug-likeness (QED) is 0.456. The Kier molecular flexibility index (Phi) is 6.74. The lowest BCUT2D eigenvalue weighted by molar-refractivity contribution is -0.119. The fourth-order valence-corrected chi connectivity index (χ4v) is 3.89. The number of hydrogen-bond acceptors (Lipinski definition) is 9. The summed E-state index contributed by atoms with van der Waals surface area (Å²) in [6.07, 6.45) is 0. The van der Waals surface area contributed by atoms with Crippen LogP contribution in [-0.4, -0.2) is 60.5 Å². The van der Waals surface area contributed by atoms with Gasteiger partial charge in [0.05, 0.1) is 17.0 Å². The van der Waals surface area contributed by atoms with Crippen LogP contribution in [0.15, 0.2) is 47.4 Å². The second-order valence-electron chi connectivity index (χ2n) is 7.36. The molecule has 1 heterocycles. The number of carbonyl (C=O) groups is 2. The zero-order chi connectivity index (χ0) is 24.3. The molecule has 11 nitrogen and oxygen atoms in total. The summed E-state index contributed by atoms with van der Waals surface area (Å²) in [5.74, 6) is -2.46. The summed E-state index contributed by atoms with van der Waals surface area (Å²) in [6.45, 7) is 1.50. The van der Waals surface area contributed by atoms with Crippen LogP contribution in [0.5, 0.6) is 0 Å². The topological polar surface area (TPSA) is 152 Å². The largest absolute Gasteiger partial charge is 0.368 e. The second kappa shape index (κ2) is 9.34. The van der Waals surface area contributed by atoms with E-state index >= 15 is 0 Å². The van der Waals surface area contributed by atoms with E-state index in [2.05, 4.69) is 15.4 Å². The molecule has 1 aromatic heterocycles. The highest BCUT2D eigenvalue weighted by molar-refractivity contribution is 7.90. The predicted molar refractivity (Wildman–Crippen MR) is 119 cm³/mol. The Morgan fingerprint density at radius 2 is 1.82 bits per heavy atom. The summed E-state index contributed by atoms with van der Waals surface area (Å²) in [4.78, 5) is 29.8. The van der Waals surface area contributed by atoms with Gasteiger partial charge in [-0.25, -0.2) is 17.5 Å². The van der Waals surface area contributed by atoms with Crippen molar-refractivity contribution in [3.63, 3.8) is 0 Å². The number of benzene rings is 2. The first-order chi connectivity index (χ1) is 15.5. The molecular weight excluding hydrogens is 453 g/mol. The van der Waals surface area contributed by atoms with Gasteiger partial charge < -0.3 is 16.0 Å². The molecule has 0 spiro atoms. The maximum absolute atomic E-state index is 14.1. The summed E-state index contributed by atoms with van der Waals surface area (Å²) in [7, 11) is -0.759. The monoisotopic (exact) mass is 475 g/mol. The third-order valence-corrected chi connectivity index (χ3v) is 5.78. The molecule has 3 aromatic rings. The molecule has 0 unspecified atom stereocenters.